The molecule has 4 aromatic rings. The molecular formula is C25H24N4O. The second kappa shape index (κ2) is 9.09. The lowest BCUT2D eigenvalue weighted by atomic mass is 10.1. The number of carbonyl (C=O) groups excluding carboxylic acids is 1. The Morgan fingerprint density at radius 1 is 0.967 bits per heavy atom. The Kier molecular flexibility index (Phi) is 5.90. The maximum absolute atomic E-state index is 12.7. The Bertz CT molecular complexity index is 1180. The van der Waals surface area contributed by atoms with Gasteiger partial charge >= 0.3 is 0 Å². The van der Waals surface area contributed by atoms with E-state index in [-0.39, 0.29) is 5.91 Å². The molecule has 0 saturated heterocycles. The van der Waals surface area contributed by atoms with Gasteiger partial charge in [-0.2, -0.15) is 0 Å². The van der Waals surface area contributed by atoms with Crippen molar-refractivity contribution in [1.29, 1.82) is 0 Å². The van der Waals surface area contributed by atoms with Crippen LogP contribution >= 0.6 is 0 Å². The van der Waals surface area contributed by atoms with Crippen LogP contribution in [0.3, 0.4) is 0 Å². The minimum absolute atomic E-state index is 0.187. The van der Waals surface area contributed by atoms with Crippen LogP contribution in [0.2, 0.25) is 0 Å². The molecule has 1 amide bonds. The predicted molar refractivity (Wildman–Crippen MR) is 123 cm³/mol. The number of carbonyl (C=O) groups is 1. The number of amides is 1. The van der Waals surface area contributed by atoms with Gasteiger partial charge in [0.15, 0.2) is 0 Å². The molecule has 3 aromatic carbocycles. The fourth-order valence-corrected chi connectivity index (χ4v) is 3.36. The third-order valence-corrected chi connectivity index (χ3v) is 4.87. The van der Waals surface area contributed by atoms with Gasteiger partial charge in [-0.3, -0.25) is 15.1 Å². The number of hydrogen-bond donors (Lipinski definition) is 3. The largest absolute Gasteiger partial charge is 0.361 e. The van der Waals surface area contributed by atoms with Crippen molar-refractivity contribution >= 4 is 28.5 Å². The number of nitrogens with zero attached hydrogens (tertiary/aromatic N) is 1. The Hall–Kier alpha value is -3.86. The molecule has 0 aliphatic carbocycles. The normalized spacial score (nSPS) is 11.4. The van der Waals surface area contributed by atoms with Crippen LogP contribution in [0.4, 0.5) is 5.69 Å². The van der Waals surface area contributed by atoms with E-state index in [4.69, 9.17) is 0 Å². The summed E-state index contributed by atoms with van der Waals surface area (Å²) in [6, 6.07) is 25.4. The molecule has 5 heteroatoms. The first-order valence-corrected chi connectivity index (χ1v) is 9.98. The summed E-state index contributed by atoms with van der Waals surface area (Å²) in [5, 5.41) is 7.34. The van der Waals surface area contributed by atoms with E-state index in [9.17, 15) is 4.79 Å². The summed E-state index contributed by atoms with van der Waals surface area (Å²) in [6.07, 6.45) is 2.79. The molecule has 3 N–H and O–H groups in total. The highest BCUT2D eigenvalue weighted by atomic mass is 16.1. The zero-order chi connectivity index (χ0) is 20.8. The SMILES string of the molecule is Cc1cccc(C(=O)NC(=NCCc2c[nH]c3ccccc23)Nc2ccccc2)c1. The van der Waals surface area contributed by atoms with Gasteiger partial charge in [-0.05, 0) is 49.2 Å². The highest BCUT2D eigenvalue weighted by molar-refractivity contribution is 6.10. The van der Waals surface area contributed by atoms with Crippen LogP contribution in [-0.4, -0.2) is 23.4 Å². The zero-order valence-electron chi connectivity index (χ0n) is 16.9. The topological polar surface area (TPSA) is 69.3 Å². The Morgan fingerprint density at radius 2 is 1.77 bits per heavy atom. The van der Waals surface area contributed by atoms with Crippen molar-refractivity contribution in [3.05, 3.63) is 102 Å². The van der Waals surface area contributed by atoms with Crippen molar-refractivity contribution in [3.63, 3.8) is 0 Å². The maximum atomic E-state index is 12.7. The summed E-state index contributed by atoms with van der Waals surface area (Å²) < 4.78 is 0. The molecule has 0 bridgehead atoms. The average molecular weight is 396 g/mol. The maximum Gasteiger partial charge on any atom is 0.257 e. The summed E-state index contributed by atoms with van der Waals surface area (Å²) in [7, 11) is 0. The molecule has 0 aliphatic rings. The molecule has 0 radical (unpaired) electrons. The van der Waals surface area contributed by atoms with Crippen molar-refractivity contribution in [1.82, 2.24) is 10.3 Å². The Morgan fingerprint density at radius 3 is 2.60 bits per heavy atom. The number of fused-ring (bicyclic) bond motifs is 1. The first-order chi connectivity index (χ1) is 14.7. The van der Waals surface area contributed by atoms with Gasteiger partial charge in [-0.15, -0.1) is 0 Å². The quantitative estimate of drug-likeness (QED) is 0.331. The van der Waals surface area contributed by atoms with E-state index >= 15 is 0 Å². The molecule has 0 fully saturated rings. The number of nitrogens with one attached hydrogen (secondary N) is 3. The monoisotopic (exact) mass is 396 g/mol. The number of aryl methyl sites for hydroxylation is 1. The van der Waals surface area contributed by atoms with Crippen LogP contribution < -0.4 is 10.6 Å². The number of aromatic nitrogens is 1. The third kappa shape index (κ3) is 4.75. The Labute approximate surface area is 175 Å². The van der Waals surface area contributed by atoms with Crippen molar-refractivity contribution < 1.29 is 4.79 Å². The van der Waals surface area contributed by atoms with Gasteiger partial charge in [0, 0.05) is 34.9 Å². The third-order valence-electron chi connectivity index (χ3n) is 4.87. The summed E-state index contributed by atoms with van der Waals surface area (Å²) in [4.78, 5) is 20.7. The summed E-state index contributed by atoms with van der Waals surface area (Å²) in [5.74, 6) is 0.250. The van der Waals surface area contributed by atoms with E-state index in [2.05, 4.69) is 32.7 Å². The standard InChI is InChI=1S/C25H24N4O/c1-18-8-7-9-19(16-18)24(30)29-25(28-21-10-3-2-4-11-21)26-15-14-20-17-27-23-13-6-5-12-22(20)23/h2-13,16-17,27H,14-15H2,1H3,(H2,26,28,29,30). The molecule has 0 aliphatic heterocycles. The van der Waals surface area contributed by atoms with Gasteiger partial charge in [0.2, 0.25) is 5.96 Å². The first kappa shape index (κ1) is 19.5. The molecule has 1 aromatic heterocycles. The fraction of sp³-hybridized carbons (Fsp3) is 0.120. The van der Waals surface area contributed by atoms with E-state index in [1.54, 1.807) is 6.07 Å². The van der Waals surface area contributed by atoms with E-state index in [1.807, 2.05) is 73.8 Å². The molecule has 30 heavy (non-hydrogen) atoms. The second-order valence-electron chi connectivity index (χ2n) is 7.15. The molecule has 150 valence electrons. The number of rotatable bonds is 5. The molecule has 5 nitrogen and oxygen atoms in total. The van der Waals surface area contributed by atoms with Crippen molar-refractivity contribution in [2.75, 3.05) is 11.9 Å². The van der Waals surface area contributed by atoms with Crippen LogP contribution in [0.25, 0.3) is 10.9 Å². The van der Waals surface area contributed by atoms with E-state index in [0.717, 1.165) is 23.2 Å². The van der Waals surface area contributed by atoms with Crippen LogP contribution in [0.5, 0.6) is 0 Å². The van der Waals surface area contributed by atoms with Crippen LogP contribution in [0, 0.1) is 6.92 Å². The molecule has 0 spiro atoms. The van der Waals surface area contributed by atoms with Crippen LogP contribution in [-0.2, 0) is 6.42 Å². The van der Waals surface area contributed by atoms with Crippen LogP contribution in [0.1, 0.15) is 21.5 Å². The predicted octanol–water partition coefficient (Wildman–Crippen LogP) is 4.92. The number of hydrogen-bond acceptors (Lipinski definition) is 2. The van der Waals surface area contributed by atoms with Gasteiger partial charge in [0.25, 0.3) is 5.91 Å². The summed E-state index contributed by atoms with van der Waals surface area (Å²) in [5.41, 5.74) is 4.84. The Balaban J connectivity index is 1.51. The number of benzene rings is 3. The van der Waals surface area contributed by atoms with Gasteiger partial charge in [-0.25, -0.2) is 0 Å². The summed E-state index contributed by atoms with van der Waals surface area (Å²) >= 11 is 0. The van der Waals surface area contributed by atoms with Crippen LogP contribution in [0.15, 0.2) is 90.1 Å². The van der Waals surface area contributed by atoms with Crippen molar-refractivity contribution in [2.24, 2.45) is 4.99 Å². The minimum Gasteiger partial charge on any atom is -0.361 e. The van der Waals surface area contributed by atoms with E-state index in [1.165, 1.54) is 10.9 Å². The van der Waals surface area contributed by atoms with Gasteiger partial charge in [-0.1, -0.05) is 54.1 Å². The lowest BCUT2D eigenvalue weighted by molar-refractivity contribution is 0.0977. The number of guanidine groups is 1. The summed E-state index contributed by atoms with van der Waals surface area (Å²) in [6.45, 7) is 2.51. The molecule has 0 saturated carbocycles. The molecule has 4 rings (SSSR count). The van der Waals surface area contributed by atoms with Crippen molar-refractivity contribution in [3.8, 4) is 0 Å². The molecule has 0 atom stereocenters. The minimum atomic E-state index is -0.187. The van der Waals surface area contributed by atoms with Gasteiger partial charge < -0.3 is 10.3 Å². The molecular weight excluding hydrogens is 372 g/mol. The first-order valence-electron chi connectivity index (χ1n) is 9.98. The average Bonchev–Trinajstić information content (AvgIpc) is 3.17. The second-order valence-corrected chi connectivity index (χ2v) is 7.15. The van der Waals surface area contributed by atoms with E-state index in [0.29, 0.717) is 18.1 Å². The lowest BCUT2D eigenvalue weighted by Crippen LogP contribution is -2.36. The highest BCUT2D eigenvalue weighted by Gasteiger charge is 2.10. The van der Waals surface area contributed by atoms with Gasteiger partial charge in [0.1, 0.15) is 0 Å². The number of para-hydroxylation sites is 2. The molecule has 1 heterocycles. The lowest BCUT2D eigenvalue weighted by Gasteiger charge is -2.12. The smallest absolute Gasteiger partial charge is 0.257 e. The van der Waals surface area contributed by atoms with Crippen molar-refractivity contribution in [2.45, 2.75) is 13.3 Å². The number of H-pyrrole nitrogens is 1. The number of aliphatic imine (C=N–C) groups is 1. The zero-order valence-corrected chi connectivity index (χ0v) is 16.9. The number of aromatic amines is 1. The highest BCUT2D eigenvalue weighted by Crippen LogP contribution is 2.18. The van der Waals surface area contributed by atoms with E-state index < -0.39 is 0 Å². The molecule has 0 unspecified atom stereocenters. The van der Waals surface area contributed by atoms with Gasteiger partial charge in [0.05, 0.1) is 0 Å². The fourth-order valence-electron chi connectivity index (χ4n) is 3.36. The number of anilines is 1.